The van der Waals surface area contributed by atoms with Gasteiger partial charge in [-0.2, -0.15) is 5.10 Å². The summed E-state index contributed by atoms with van der Waals surface area (Å²) in [6, 6.07) is 9.18. The van der Waals surface area contributed by atoms with Crippen LogP contribution in [0.2, 0.25) is 0 Å². The molecule has 2 aromatic rings. The summed E-state index contributed by atoms with van der Waals surface area (Å²) in [7, 11) is 0. The van der Waals surface area contributed by atoms with Gasteiger partial charge in [-0.15, -0.1) is 0 Å². The van der Waals surface area contributed by atoms with Crippen LogP contribution in [0.1, 0.15) is 99.8 Å². The minimum Gasteiger partial charge on any atom is -0.384 e. The lowest BCUT2D eigenvalue weighted by Gasteiger charge is -2.26. The number of benzene rings is 1. The molecule has 1 aromatic carbocycles. The van der Waals surface area contributed by atoms with Crippen LogP contribution in [0.3, 0.4) is 0 Å². The van der Waals surface area contributed by atoms with Crippen LogP contribution in [-0.2, 0) is 17.4 Å². The summed E-state index contributed by atoms with van der Waals surface area (Å²) >= 11 is 0. The van der Waals surface area contributed by atoms with Gasteiger partial charge in [0.2, 0.25) is 0 Å². The lowest BCUT2D eigenvalue weighted by atomic mass is 9.82. The number of nitrogens with two attached hydrogens (primary N) is 2. The molecule has 1 heterocycles. The molecule has 6 nitrogen and oxygen atoms in total. The van der Waals surface area contributed by atoms with Crippen molar-refractivity contribution in [1.29, 1.82) is 0 Å². The van der Waals surface area contributed by atoms with Crippen molar-refractivity contribution >= 4 is 11.7 Å². The molecule has 2 saturated carbocycles. The van der Waals surface area contributed by atoms with E-state index in [4.69, 9.17) is 11.6 Å². The molecule has 2 aliphatic carbocycles. The zero-order valence-electron chi connectivity index (χ0n) is 22.2. The highest BCUT2D eigenvalue weighted by Crippen LogP contribution is 2.49. The van der Waals surface area contributed by atoms with Gasteiger partial charge >= 0.3 is 0 Å². The Morgan fingerprint density at radius 1 is 1.14 bits per heavy atom. The second-order valence-electron chi connectivity index (χ2n) is 12.1. The number of hydrogen-bond donors (Lipinski definition) is 3. The minimum absolute atomic E-state index is 0.0468. The first-order valence-electron chi connectivity index (χ1n) is 13.2. The van der Waals surface area contributed by atoms with Crippen LogP contribution in [0.15, 0.2) is 29.4 Å². The summed E-state index contributed by atoms with van der Waals surface area (Å²) in [5.41, 5.74) is 12.8. The molecule has 0 aliphatic heterocycles. The summed E-state index contributed by atoms with van der Waals surface area (Å²) in [6.07, 6.45) is 8.92. The molecule has 0 unspecified atom stereocenters. The fourth-order valence-corrected chi connectivity index (χ4v) is 5.32. The summed E-state index contributed by atoms with van der Waals surface area (Å²) in [4.78, 5) is 13.2. The van der Waals surface area contributed by atoms with Gasteiger partial charge in [-0.25, -0.2) is 0 Å². The topological polar surface area (TPSA) is 98.4 Å². The SMILES string of the molecule is Cc1c(C(=O)NCC(N)=NN)cc(-c2cc(C(C)(C)C)cc(C3(C)CC3)c2)n1CC1CCCCC1. The van der Waals surface area contributed by atoms with Gasteiger partial charge in [0.15, 0.2) is 0 Å². The van der Waals surface area contributed by atoms with E-state index in [9.17, 15) is 4.79 Å². The minimum atomic E-state index is -0.140. The fourth-order valence-electron chi connectivity index (χ4n) is 5.32. The maximum atomic E-state index is 13.2. The van der Waals surface area contributed by atoms with Crippen molar-refractivity contribution in [2.45, 2.75) is 96.9 Å². The number of nitrogens with one attached hydrogen (secondary N) is 1. The molecule has 4 rings (SSSR count). The first kappa shape index (κ1) is 25.3. The number of hydrazone groups is 1. The number of carbonyl (C=O) groups is 1. The second kappa shape index (κ2) is 9.71. The highest BCUT2D eigenvalue weighted by atomic mass is 16.1. The van der Waals surface area contributed by atoms with Crippen molar-refractivity contribution in [3.05, 3.63) is 46.6 Å². The Labute approximate surface area is 210 Å². The van der Waals surface area contributed by atoms with Gasteiger partial charge < -0.3 is 21.5 Å². The normalized spacial score (nSPS) is 18.5. The first-order valence-corrected chi connectivity index (χ1v) is 13.2. The van der Waals surface area contributed by atoms with E-state index in [2.05, 4.69) is 73.9 Å². The Hall–Kier alpha value is -2.76. The highest BCUT2D eigenvalue weighted by Gasteiger charge is 2.40. The van der Waals surface area contributed by atoms with Gasteiger partial charge in [-0.05, 0) is 84.2 Å². The van der Waals surface area contributed by atoms with Crippen molar-refractivity contribution in [3.8, 4) is 11.3 Å². The van der Waals surface area contributed by atoms with Crippen LogP contribution in [0, 0.1) is 12.8 Å². The molecule has 0 saturated heterocycles. The Kier molecular flexibility index (Phi) is 7.03. The first-order chi connectivity index (χ1) is 16.5. The predicted molar refractivity (Wildman–Crippen MR) is 145 cm³/mol. The number of amides is 1. The molecule has 5 N–H and O–H groups in total. The summed E-state index contributed by atoms with van der Waals surface area (Å²) < 4.78 is 2.39. The second-order valence-corrected chi connectivity index (χ2v) is 12.1. The number of rotatable bonds is 7. The van der Waals surface area contributed by atoms with E-state index in [0.29, 0.717) is 11.5 Å². The standard InChI is InChI=1S/C29H43N5O/c1-19-24(27(35)32-17-26(30)33-31)16-25(34(19)18-20-9-7-6-8-10-20)21-13-22(28(2,3)4)15-23(14-21)29(5)11-12-29/h13-16,20H,6-12,17-18,31H2,1-5H3,(H2,30,33)(H,32,35). The van der Waals surface area contributed by atoms with Crippen molar-refractivity contribution in [2.24, 2.45) is 22.6 Å². The van der Waals surface area contributed by atoms with Crippen molar-refractivity contribution < 1.29 is 4.79 Å². The lowest BCUT2D eigenvalue weighted by Crippen LogP contribution is -2.34. The maximum Gasteiger partial charge on any atom is 0.253 e. The summed E-state index contributed by atoms with van der Waals surface area (Å²) in [5.74, 6) is 5.96. The van der Waals surface area contributed by atoms with Gasteiger partial charge in [-0.1, -0.05) is 53.0 Å². The van der Waals surface area contributed by atoms with E-state index in [1.807, 2.05) is 0 Å². The average Bonchev–Trinajstić information content (AvgIpc) is 3.51. The smallest absolute Gasteiger partial charge is 0.253 e. The molecule has 1 amide bonds. The van der Waals surface area contributed by atoms with Crippen molar-refractivity contribution in [3.63, 3.8) is 0 Å². The third kappa shape index (κ3) is 5.57. The largest absolute Gasteiger partial charge is 0.384 e. The Balaban J connectivity index is 1.80. The summed E-state index contributed by atoms with van der Waals surface area (Å²) in [6.45, 7) is 12.4. The zero-order chi connectivity index (χ0) is 25.4. The molecule has 0 radical (unpaired) electrons. The lowest BCUT2D eigenvalue weighted by molar-refractivity contribution is 0.0958. The van der Waals surface area contributed by atoms with Crippen LogP contribution >= 0.6 is 0 Å². The van der Waals surface area contributed by atoms with E-state index >= 15 is 0 Å². The molecule has 2 fully saturated rings. The molecule has 0 bridgehead atoms. The molecule has 0 spiro atoms. The third-order valence-electron chi connectivity index (χ3n) is 8.16. The monoisotopic (exact) mass is 477 g/mol. The van der Waals surface area contributed by atoms with Gasteiger partial charge in [0.05, 0.1) is 12.1 Å². The van der Waals surface area contributed by atoms with Crippen LogP contribution in [0.4, 0.5) is 0 Å². The average molecular weight is 478 g/mol. The highest BCUT2D eigenvalue weighted by molar-refractivity contribution is 5.99. The molecule has 2 aliphatic rings. The van der Waals surface area contributed by atoms with Gasteiger partial charge in [0.1, 0.15) is 5.84 Å². The zero-order valence-corrected chi connectivity index (χ0v) is 22.2. The number of amidine groups is 1. The van der Waals surface area contributed by atoms with E-state index in [1.165, 1.54) is 61.6 Å². The molecule has 6 heteroatoms. The Morgan fingerprint density at radius 3 is 2.43 bits per heavy atom. The van der Waals surface area contributed by atoms with Gasteiger partial charge in [0, 0.05) is 17.9 Å². The molecule has 35 heavy (non-hydrogen) atoms. The molecular weight excluding hydrogens is 434 g/mol. The van der Waals surface area contributed by atoms with E-state index in [1.54, 1.807) is 0 Å². The predicted octanol–water partition coefficient (Wildman–Crippen LogP) is 5.35. The molecule has 0 atom stereocenters. The fraction of sp³-hybridized carbons (Fsp3) is 0.586. The quantitative estimate of drug-likeness (QED) is 0.217. The van der Waals surface area contributed by atoms with Crippen LogP contribution in [0.25, 0.3) is 11.3 Å². The van der Waals surface area contributed by atoms with Gasteiger partial charge in [-0.3, -0.25) is 4.79 Å². The van der Waals surface area contributed by atoms with Gasteiger partial charge in [0.25, 0.3) is 5.91 Å². The number of hydrogen-bond acceptors (Lipinski definition) is 3. The maximum absolute atomic E-state index is 13.2. The van der Waals surface area contributed by atoms with E-state index < -0.39 is 0 Å². The van der Waals surface area contributed by atoms with Crippen LogP contribution in [-0.4, -0.2) is 22.9 Å². The molecular formula is C29H43N5O. The van der Waals surface area contributed by atoms with Crippen molar-refractivity contribution in [2.75, 3.05) is 6.54 Å². The number of carbonyl (C=O) groups excluding carboxylic acids is 1. The Bertz CT molecular complexity index is 1090. The van der Waals surface area contributed by atoms with Crippen molar-refractivity contribution in [1.82, 2.24) is 9.88 Å². The summed E-state index contributed by atoms with van der Waals surface area (Å²) in [5, 5.41) is 6.35. The van der Waals surface area contributed by atoms with Crippen LogP contribution in [0.5, 0.6) is 0 Å². The van der Waals surface area contributed by atoms with E-state index in [0.717, 1.165) is 17.9 Å². The molecule has 1 aromatic heterocycles. The number of nitrogens with zero attached hydrogens (tertiary/aromatic N) is 2. The number of aromatic nitrogens is 1. The third-order valence-corrected chi connectivity index (χ3v) is 8.16. The van der Waals surface area contributed by atoms with E-state index in [-0.39, 0.29) is 29.1 Å². The Morgan fingerprint density at radius 2 is 1.83 bits per heavy atom. The van der Waals surface area contributed by atoms with Crippen LogP contribution < -0.4 is 16.9 Å². The molecule has 190 valence electrons.